The molecule has 4 nitrogen and oxygen atoms in total. The summed E-state index contributed by atoms with van der Waals surface area (Å²) in [6.07, 6.45) is 5.18. The number of pyridine rings is 1. The van der Waals surface area contributed by atoms with E-state index in [9.17, 15) is 9.90 Å². The summed E-state index contributed by atoms with van der Waals surface area (Å²) >= 11 is 0. The average Bonchev–Trinajstić information content (AvgIpc) is 3.28. The molecule has 0 bridgehead atoms. The maximum atomic E-state index is 11.3. The highest BCUT2D eigenvalue weighted by Crippen LogP contribution is 2.45. The minimum absolute atomic E-state index is 0.232. The predicted molar refractivity (Wildman–Crippen MR) is 78.1 cm³/mol. The molecule has 1 aromatic rings. The first-order valence-electron chi connectivity index (χ1n) is 7.56. The third kappa shape index (κ3) is 2.94. The van der Waals surface area contributed by atoms with Gasteiger partial charge in [-0.25, -0.2) is 9.78 Å². The van der Waals surface area contributed by atoms with E-state index < -0.39 is 5.97 Å². The standard InChI is InChI=1S/C16H22N2O2/c1-9(2)13-7-12(16(19)20)8-14(17-13)18-15(10-3-4-10)11-5-6-11/h7-11,15H,3-6H2,1-2H3,(H,17,18)(H,19,20). The molecule has 1 heterocycles. The highest BCUT2D eigenvalue weighted by molar-refractivity contribution is 5.88. The van der Waals surface area contributed by atoms with Crippen LogP contribution < -0.4 is 5.32 Å². The zero-order chi connectivity index (χ0) is 14.3. The SMILES string of the molecule is CC(C)c1cc(C(=O)O)cc(NC(C2CC2)C2CC2)n1. The van der Waals surface area contributed by atoms with Gasteiger partial charge in [-0.3, -0.25) is 0 Å². The maximum absolute atomic E-state index is 11.3. The molecule has 2 fully saturated rings. The van der Waals surface area contributed by atoms with E-state index in [1.807, 2.05) is 13.8 Å². The summed E-state index contributed by atoms with van der Waals surface area (Å²) < 4.78 is 0. The van der Waals surface area contributed by atoms with E-state index in [1.54, 1.807) is 12.1 Å². The minimum atomic E-state index is -0.883. The molecule has 0 amide bonds. The lowest BCUT2D eigenvalue weighted by molar-refractivity contribution is 0.0696. The monoisotopic (exact) mass is 274 g/mol. The molecule has 4 heteroatoms. The van der Waals surface area contributed by atoms with Crippen LogP contribution in [0.25, 0.3) is 0 Å². The second-order valence-corrected chi connectivity index (χ2v) is 6.47. The Hall–Kier alpha value is -1.58. The number of aromatic carboxylic acids is 1. The van der Waals surface area contributed by atoms with E-state index in [2.05, 4.69) is 10.3 Å². The lowest BCUT2D eigenvalue weighted by atomic mass is 10.1. The Labute approximate surface area is 119 Å². The van der Waals surface area contributed by atoms with Crippen molar-refractivity contribution in [2.75, 3.05) is 5.32 Å². The molecular weight excluding hydrogens is 252 g/mol. The first-order chi connectivity index (χ1) is 9.54. The average molecular weight is 274 g/mol. The summed E-state index contributed by atoms with van der Waals surface area (Å²) in [6, 6.07) is 3.85. The Morgan fingerprint density at radius 3 is 2.30 bits per heavy atom. The Morgan fingerprint density at radius 1 is 1.25 bits per heavy atom. The molecule has 0 aliphatic heterocycles. The molecular formula is C16H22N2O2. The second kappa shape index (κ2) is 5.08. The van der Waals surface area contributed by atoms with Crippen molar-refractivity contribution in [2.45, 2.75) is 51.5 Å². The summed E-state index contributed by atoms with van der Waals surface area (Å²) in [5, 5.41) is 12.8. The molecule has 0 atom stereocenters. The summed E-state index contributed by atoms with van der Waals surface area (Å²) in [5.41, 5.74) is 1.18. The molecule has 0 spiro atoms. The number of carbonyl (C=O) groups is 1. The fourth-order valence-corrected chi connectivity index (χ4v) is 2.75. The largest absolute Gasteiger partial charge is 0.478 e. The van der Waals surface area contributed by atoms with Gasteiger partial charge in [-0.15, -0.1) is 0 Å². The third-order valence-electron chi connectivity index (χ3n) is 4.26. The lowest BCUT2D eigenvalue weighted by Gasteiger charge is -2.19. The number of rotatable bonds is 6. The molecule has 0 radical (unpaired) electrons. The van der Waals surface area contributed by atoms with E-state index in [0.29, 0.717) is 11.6 Å². The smallest absolute Gasteiger partial charge is 0.335 e. The molecule has 20 heavy (non-hydrogen) atoms. The number of carboxylic acid groups (broad SMARTS) is 1. The molecule has 2 aliphatic rings. The lowest BCUT2D eigenvalue weighted by Crippen LogP contribution is -2.25. The van der Waals surface area contributed by atoms with Crippen molar-refractivity contribution in [2.24, 2.45) is 11.8 Å². The zero-order valence-electron chi connectivity index (χ0n) is 12.1. The molecule has 0 aromatic carbocycles. The van der Waals surface area contributed by atoms with Gasteiger partial charge in [0.25, 0.3) is 0 Å². The van der Waals surface area contributed by atoms with Crippen LogP contribution in [0.2, 0.25) is 0 Å². The summed E-state index contributed by atoms with van der Waals surface area (Å²) in [5.74, 6) is 1.61. The Kier molecular flexibility index (Phi) is 3.40. The van der Waals surface area contributed by atoms with Crippen LogP contribution in [0.3, 0.4) is 0 Å². The predicted octanol–water partition coefficient (Wildman–Crippen LogP) is 3.50. The van der Waals surface area contributed by atoms with E-state index in [0.717, 1.165) is 23.3 Å². The van der Waals surface area contributed by atoms with Gasteiger partial charge in [0.2, 0.25) is 0 Å². The summed E-state index contributed by atoms with van der Waals surface area (Å²) in [7, 11) is 0. The topological polar surface area (TPSA) is 62.2 Å². The van der Waals surface area contributed by atoms with Crippen molar-refractivity contribution in [3.63, 3.8) is 0 Å². The van der Waals surface area contributed by atoms with Gasteiger partial charge in [0.15, 0.2) is 0 Å². The fraction of sp³-hybridized carbons (Fsp3) is 0.625. The molecule has 0 unspecified atom stereocenters. The molecule has 3 rings (SSSR count). The number of hydrogen-bond acceptors (Lipinski definition) is 3. The molecule has 1 aromatic heterocycles. The van der Waals surface area contributed by atoms with E-state index in [-0.39, 0.29) is 5.92 Å². The second-order valence-electron chi connectivity index (χ2n) is 6.47. The summed E-state index contributed by atoms with van der Waals surface area (Å²) in [4.78, 5) is 15.9. The molecule has 2 N–H and O–H groups in total. The number of carboxylic acids is 1. The van der Waals surface area contributed by atoms with Gasteiger partial charge < -0.3 is 10.4 Å². The van der Waals surface area contributed by atoms with E-state index in [4.69, 9.17) is 0 Å². The maximum Gasteiger partial charge on any atom is 0.335 e. The van der Waals surface area contributed by atoms with Crippen LogP contribution >= 0.6 is 0 Å². The van der Waals surface area contributed by atoms with Crippen LogP contribution in [0.4, 0.5) is 5.82 Å². The van der Waals surface area contributed by atoms with Gasteiger partial charge in [0, 0.05) is 11.7 Å². The van der Waals surface area contributed by atoms with Crippen molar-refractivity contribution in [3.05, 3.63) is 23.4 Å². The highest BCUT2D eigenvalue weighted by Gasteiger charge is 2.41. The van der Waals surface area contributed by atoms with Crippen molar-refractivity contribution in [3.8, 4) is 0 Å². The van der Waals surface area contributed by atoms with Crippen molar-refractivity contribution < 1.29 is 9.90 Å². The third-order valence-corrected chi connectivity index (χ3v) is 4.26. The van der Waals surface area contributed by atoms with E-state index >= 15 is 0 Å². The van der Waals surface area contributed by atoms with Gasteiger partial charge in [-0.1, -0.05) is 13.8 Å². The van der Waals surface area contributed by atoms with Crippen LogP contribution in [-0.2, 0) is 0 Å². The van der Waals surface area contributed by atoms with Crippen molar-refractivity contribution >= 4 is 11.8 Å². The van der Waals surface area contributed by atoms with Crippen molar-refractivity contribution in [1.82, 2.24) is 4.98 Å². The van der Waals surface area contributed by atoms with E-state index in [1.165, 1.54) is 25.7 Å². The molecule has 0 saturated heterocycles. The van der Waals surface area contributed by atoms with Crippen molar-refractivity contribution in [1.29, 1.82) is 0 Å². The molecule has 2 saturated carbocycles. The number of nitrogens with one attached hydrogen (secondary N) is 1. The minimum Gasteiger partial charge on any atom is -0.478 e. The van der Waals surface area contributed by atoms with Gasteiger partial charge in [-0.05, 0) is 55.6 Å². The van der Waals surface area contributed by atoms with Crippen LogP contribution in [-0.4, -0.2) is 22.1 Å². The fourth-order valence-electron chi connectivity index (χ4n) is 2.75. The van der Waals surface area contributed by atoms with Gasteiger partial charge in [0.1, 0.15) is 5.82 Å². The highest BCUT2D eigenvalue weighted by atomic mass is 16.4. The van der Waals surface area contributed by atoms with Crippen LogP contribution in [0.5, 0.6) is 0 Å². The van der Waals surface area contributed by atoms with Crippen LogP contribution in [0.1, 0.15) is 61.5 Å². The van der Waals surface area contributed by atoms with Crippen LogP contribution in [0.15, 0.2) is 12.1 Å². The number of hydrogen-bond donors (Lipinski definition) is 2. The molecule has 2 aliphatic carbocycles. The molecule has 108 valence electrons. The Bertz CT molecular complexity index is 507. The number of nitrogens with zero attached hydrogens (tertiary/aromatic N) is 1. The van der Waals surface area contributed by atoms with Gasteiger partial charge in [0.05, 0.1) is 5.56 Å². The Morgan fingerprint density at radius 2 is 1.85 bits per heavy atom. The first-order valence-corrected chi connectivity index (χ1v) is 7.56. The van der Waals surface area contributed by atoms with Gasteiger partial charge in [-0.2, -0.15) is 0 Å². The Balaban J connectivity index is 1.85. The quantitative estimate of drug-likeness (QED) is 0.833. The van der Waals surface area contributed by atoms with Crippen LogP contribution in [0, 0.1) is 11.8 Å². The number of anilines is 1. The van der Waals surface area contributed by atoms with Gasteiger partial charge >= 0.3 is 5.97 Å². The zero-order valence-corrected chi connectivity index (χ0v) is 12.1. The summed E-state index contributed by atoms with van der Waals surface area (Å²) in [6.45, 7) is 4.08. The first kappa shape index (κ1) is 13.4. The number of aromatic nitrogens is 1. The normalized spacial score (nSPS) is 18.6.